The third kappa shape index (κ3) is 3.99. The molecule has 0 spiro atoms. The fourth-order valence-electron chi connectivity index (χ4n) is 3.17. The van der Waals surface area contributed by atoms with E-state index in [1.54, 1.807) is 0 Å². The van der Waals surface area contributed by atoms with Crippen molar-refractivity contribution in [3.05, 3.63) is 76.3 Å². The summed E-state index contributed by atoms with van der Waals surface area (Å²) in [4.78, 5) is 22.7. The van der Waals surface area contributed by atoms with Crippen LogP contribution in [-0.2, 0) is 10.0 Å². The summed E-state index contributed by atoms with van der Waals surface area (Å²) >= 11 is 0. The van der Waals surface area contributed by atoms with E-state index >= 15 is 0 Å². The monoisotopic (exact) mass is 446 g/mol. The number of sulfonamides is 1. The molecule has 2 heterocycles. The number of rotatable bonds is 4. The van der Waals surface area contributed by atoms with Crippen LogP contribution in [0.4, 0.5) is 19.1 Å². The molecule has 2 aromatic carbocycles. The summed E-state index contributed by atoms with van der Waals surface area (Å²) in [5.41, 5.74) is -1.97. The molecule has 0 aliphatic rings. The predicted molar refractivity (Wildman–Crippen MR) is 109 cm³/mol. The summed E-state index contributed by atoms with van der Waals surface area (Å²) in [5, 5.41) is -0.0623. The van der Waals surface area contributed by atoms with Crippen LogP contribution in [0.15, 0.2) is 53.3 Å². The lowest BCUT2D eigenvalue weighted by Gasteiger charge is -2.14. The van der Waals surface area contributed by atoms with Crippen molar-refractivity contribution in [3.63, 3.8) is 0 Å². The van der Waals surface area contributed by atoms with Gasteiger partial charge in [-0.2, -0.15) is 4.98 Å². The van der Waals surface area contributed by atoms with Crippen LogP contribution in [0.5, 0.6) is 0 Å². The van der Waals surface area contributed by atoms with Crippen LogP contribution >= 0.6 is 0 Å². The maximum absolute atomic E-state index is 14.6. The van der Waals surface area contributed by atoms with E-state index in [0.717, 1.165) is 36.6 Å². The van der Waals surface area contributed by atoms with E-state index in [9.17, 15) is 26.4 Å². The largest absolute Gasteiger partial charge is 0.306 e. The lowest BCUT2D eigenvalue weighted by atomic mass is 9.98. The Morgan fingerprint density at radius 1 is 0.903 bits per heavy atom. The second-order valence-corrected chi connectivity index (χ2v) is 8.37. The molecule has 4 aromatic rings. The molecule has 2 aromatic heterocycles. The highest BCUT2D eigenvalue weighted by Crippen LogP contribution is 2.36. The topological polar surface area (TPSA) is 105 Å². The molecule has 158 valence electrons. The van der Waals surface area contributed by atoms with E-state index in [4.69, 9.17) is 0 Å². The van der Waals surface area contributed by atoms with Crippen molar-refractivity contribution in [2.24, 2.45) is 0 Å². The highest BCUT2D eigenvalue weighted by Gasteiger charge is 2.22. The van der Waals surface area contributed by atoms with Crippen LogP contribution in [-0.4, -0.2) is 29.6 Å². The van der Waals surface area contributed by atoms with Crippen molar-refractivity contribution in [1.29, 1.82) is 0 Å². The average molecular weight is 446 g/mol. The van der Waals surface area contributed by atoms with Crippen LogP contribution < -0.4 is 10.3 Å². The number of fused-ring (bicyclic) bond motifs is 1. The Hall–Kier alpha value is -3.73. The summed E-state index contributed by atoms with van der Waals surface area (Å²) < 4.78 is 69.1. The number of hydrogen-bond acceptors (Lipinski definition) is 5. The Kier molecular flexibility index (Phi) is 4.97. The first-order valence-corrected chi connectivity index (χ1v) is 10.7. The molecule has 0 amide bonds. The number of anilines is 1. The summed E-state index contributed by atoms with van der Waals surface area (Å²) in [6.07, 6.45) is 0.858. The Bertz CT molecular complexity index is 1480. The smallest absolute Gasteiger partial charge is 0.250 e. The van der Waals surface area contributed by atoms with Crippen molar-refractivity contribution >= 4 is 27.0 Å². The molecule has 0 aliphatic carbocycles. The first-order chi connectivity index (χ1) is 14.6. The van der Waals surface area contributed by atoms with E-state index < -0.39 is 44.5 Å². The zero-order valence-corrected chi connectivity index (χ0v) is 16.6. The molecular formula is C20H13F3N4O3S. The molecule has 0 fully saturated rings. The van der Waals surface area contributed by atoms with Gasteiger partial charge in [-0.1, -0.05) is 18.2 Å². The number of H-pyrrole nitrogens is 1. The molecule has 0 radical (unpaired) electrons. The van der Waals surface area contributed by atoms with Crippen LogP contribution in [0.2, 0.25) is 0 Å². The summed E-state index contributed by atoms with van der Waals surface area (Å²) in [6.45, 7) is 0. The summed E-state index contributed by atoms with van der Waals surface area (Å²) in [7, 11) is -3.82. The van der Waals surface area contributed by atoms with Gasteiger partial charge < -0.3 is 4.98 Å². The summed E-state index contributed by atoms with van der Waals surface area (Å²) in [5.74, 6) is -3.08. The molecule has 0 aliphatic heterocycles. The van der Waals surface area contributed by atoms with Gasteiger partial charge in [0.2, 0.25) is 21.5 Å². The maximum atomic E-state index is 14.6. The molecule has 0 atom stereocenters. The van der Waals surface area contributed by atoms with Gasteiger partial charge in [-0.25, -0.2) is 26.6 Å². The molecule has 4 rings (SSSR count). The van der Waals surface area contributed by atoms with Gasteiger partial charge in [0.1, 0.15) is 23.1 Å². The van der Waals surface area contributed by atoms with E-state index in [1.807, 2.05) is 0 Å². The number of hydrogen-bond donors (Lipinski definition) is 2. The highest BCUT2D eigenvalue weighted by atomic mass is 32.2. The minimum atomic E-state index is -3.82. The lowest BCUT2D eigenvalue weighted by molar-refractivity contribution is 0.590. The van der Waals surface area contributed by atoms with Crippen LogP contribution in [0.3, 0.4) is 0 Å². The van der Waals surface area contributed by atoms with E-state index in [-0.39, 0.29) is 27.9 Å². The van der Waals surface area contributed by atoms with Crippen molar-refractivity contribution in [2.45, 2.75) is 0 Å². The minimum absolute atomic E-state index is 0.0623. The second-order valence-electron chi connectivity index (χ2n) is 6.62. The van der Waals surface area contributed by atoms with E-state index in [1.165, 1.54) is 18.2 Å². The Morgan fingerprint density at radius 2 is 1.55 bits per heavy atom. The first kappa shape index (κ1) is 20.5. The molecule has 11 heteroatoms. The molecule has 0 unspecified atom stereocenters. The molecule has 0 saturated carbocycles. The minimum Gasteiger partial charge on any atom is -0.306 e. The fourth-order valence-corrected chi connectivity index (χ4v) is 3.60. The zero-order chi connectivity index (χ0) is 22.3. The average Bonchev–Trinajstić information content (AvgIpc) is 2.66. The van der Waals surface area contributed by atoms with Gasteiger partial charge in [-0.05, 0) is 24.3 Å². The number of aromatic nitrogens is 3. The number of benzene rings is 2. The maximum Gasteiger partial charge on any atom is 0.250 e. The van der Waals surface area contributed by atoms with Gasteiger partial charge in [0.25, 0.3) is 0 Å². The third-order valence-electron chi connectivity index (χ3n) is 4.33. The van der Waals surface area contributed by atoms with Crippen LogP contribution in [0.1, 0.15) is 0 Å². The second kappa shape index (κ2) is 7.51. The lowest BCUT2D eigenvalue weighted by Crippen LogP contribution is -2.15. The van der Waals surface area contributed by atoms with Crippen molar-refractivity contribution in [1.82, 2.24) is 15.0 Å². The van der Waals surface area contributed by atoms with Crippen LogP contribution in [0, 0.1) is 17.5 Å². The number of nitrogens with one attached hydrogen (secondary N) is 2. The highest BCUT2D eigenvalue weighted by molar-refractivity contribution is 7.91. The van der Waals surface area contributed by atoms with E-state index in [0.29, 0.717) is 0 Å². The predicted octanol–water partition coefficient (Wildman–Crippen LogP) is 3.44. The van der Waals surface area contributed by atoms with Gasteiger partial charge in [-0.15, -0.1) is 0 Å². The van der Waals surface area contributed by atoms with Crippen molar-refractivity contribution in [2.75, 3.05) is 11.0 Å². The SMILES string of the molecule is CS(=O)(=O)Nc1nc(-c2ccccc2F)c2c(-c3c(F)cccc3F)cc(=O)[nH]c2n1. The molecule has 0 bridgehead atoms. The van der Waals surface area contributed by atoms with Crippen molar-refractivity contribution < 1.29 is 21.6 Å². The van der Waals surface area contributed by atoms with Gasteiger partial charge in [0, 0.05) is 17.2 Å². The molecule has 2 N–H and O–H groups in total. The number of pyridine rings is 1. The molecular weight excluding hydrogens is 433 g/mol. The van der Waals surface area contributed by atoms with Gasteiger partial charge in [0.05, 0.1) is 22.9 Å². The zero-order valence-electron chi connectivity index (χ0n) is 15.8. The number of aromatic amines is 1. The number of halogens is 3. The Balaban J connectivity index is 2.19. The Morgan fingerprint density at radius 3 is 2.19 bits per heavy atom. The fraction of sp³-hybridized carbons (Fsp3) is 0.0500. The van der Waals surface area contributed by atoms with Gasteiger partial charge in [-0.3, -0.25) is 9.52 Å². The first-order valence-electron chi connectivity index (χ1n) is 8.76. The van der Waals surface area contributed by atoms with Gasteiger partial charge >= 0.3 is 0 Å². The third-order valence-corrected chi connectivity index (χ3v) is 4.89. The van der Waals surface area contributed by atoms with Crippen LogP contribution in [0.25, 0.3) is 33.4 Å². The molecule has 31 heavy (non-hydrogen) atoms. The standard InChI is InChI=1S/C20H13F3N4O3S/c1-31(29,30)27-20-25-18(10-5-2-3-6-12(10)21)17-11(9-15(28)24-19(17)26-20)16-13(22)7-4-8-14(16)23/h2-9H,1H3,(H2,24,25,26,27,28). The van der Waals surface area contributed by atoms with Gasteiger partial charge in [0.15, 0.2) is 0 Å². The Labute approximate surface area is 173 Å². The quantitative estimate of drug-likeness (QED) is 0.500. The number of nitrogens with zero attached hydrogens (tertiary/aromatic N) is 2. The molecule has 0 saturated heterocycles. The van der Waals surface area contributed by atoms with E-state index in [2.05, 4.69) is 19.7 Å². The van der Waals surface area contributed by atoms with Crippen molar-refractivity contribution in [3.8, 4) is 22.4 Å². The molecule has 7 nitrogen and oxygen atoms in total. The normalized spacial score (nSPS) is 11.6. The summed E-state index contributed by atoms with van der Waals surface area (Å²) in [6, 6.07) is 9.55.